The highest BCUT2D eigenvalue weighted by Crippen LogP contribution is 2.27. The highest BCUT2D eigenvalue weighted by atomic mass is 19.2. The molecule has 0 saturated heterocycles. The van der Waals surface area contributed by atoms with Gasteiger partial charge in [0, 0.05) is 24.7 Å². The number of halogens is 3. The first kappa shape index (κ1) is 19.6. The van der Waals surface area contributed by atoms with Gasteiger partial charge in [-0.25, -0.2) is 18.2 Å². The average Bonchev–Trinajstić information content (AvgIpc) is 2.68. The molecule has 1 aromatic heterocycles. The third-order valence-corrected chi connectivity index (χ3v) is 3.93. The van der Waals surface area contributed by atoms with Crippen molar-refractivity contribution < 1.29 is 13.2 Å². The third kappa shape index (κ3) is 4.77. The van der Waals surface area contributed by atoms with E-state index in [1.165, 1.54) is 0 Å². The number of benzene rings is 2. The van der Waals surface area contributed by atoms with E-state index in [2.05, 4.69) is 20.6 Å². The molecule has 0 bridgehead atoms. The van der Waals surface area contributed by atoms with Gasteiger partial charge in [0.2, 0.25) is 5.95 Å². The number of rotatable bonds is 7. The first-order valence-electron chi connectivity index (χ1n) is 8.67. The summed E-state index contributed by atoms with van der Waals surface area (Å²) in [7, 11) is 3.87. The second-order valence-electron chi connectivity index (χ2n) is 6.40. The van der Waals surface area contributed by atoms with Crippen LogP contribution in [-0.4, -0.2) is 42.1 Å². The molecule has 8 heteroatoms. The molecule has 0 radical (unpaired) electrons. The van der Waals surface area contributed by atoms with Gasteiger partial charge in [0.1, 0.15) is 17.3 Å². The molecule has 3 aromatic rings. The van der Waals surface area contributed by atoms with E-state index in [4.69, 9.17) is 0 Å². The Hall–Kier alpha value is -3.13. The number of likely N-dealkylation sites (N-methyl/N-ethyl adjacent to an activating group) is 1. The molecule has 0 amide bonds. The lowest BCUT2D eigenvalue weighted by molar-refractivity contribution is 0.425. The van der Waals surface area contributed by atoms with Crippen LogP contribution in [0.2, 0.25) is 0 Å². The van der Waals surface area contributed by atoms with Crippen LogP contribution in [0.3, 0.4) is 0 Å². The van der Waals surface area contributed by atoms with Gasteiger partial charge in [-0.15, -0.1) is 0 Å². The fourth-order valence-electron chi connectivity index (χ4n) is 2.51. The number of aromatic nitrogens is 2. The normalized spacial score (nSPS) is 10.9. The summed E-state index contributed by atoms with van der Waals surface area (Å²) in [6.45, 7) is 1.32. The molecule has 0 aliphatic carbocycles. The van der Waals surface area contributed by atoms with Crippen molar-refractivity contribution in [2.24, 2.45) is 0 Å². The van der Waals surface area contributed by atoms with Gasteiger partial charge in [-0.3, -0.25) is 0 Å². The molecule has 0 aliphatic rings. The predicted molar refractivity (Wildman–Crippen MR) is 104 cm³/mol. The van der Waals surface area contributed by atoms with Gasteiger partial charge in [0.25, 0.3) is 0 Å². The molecule has 3 rings (SSSR count). The van der Waals surface area contributed by atoms with E-state index >= 15 is 0 Å². The first-order valence-corrected chi connectivity index (χ1v) is 8.67. The van der Waals surface area contributed by atoms with Crippen LogP contribution >= 0.6 is 0 Å². The Labute approximate surface area is 161 Å². The van der Waals surface area contributed by atoms with Crippen molar-refractivity contribution in [1.29, 1.82) is 0 Å². The molecule has 28 heavy (non-hydrogen) atoms. The zero-order valence-electron chi connectivity index (χ0n) is 15.5. The van der Waals surface area contributed by atoms with E-state index in [-0.39, 0.29) is 5.82 Å². The van der Waals surface area contributed by atoms with Gasteiger partial charge in [-0.1, -0.05) is 30.3 Å². The quantitative estimate of drug-likeness (QED) is 0.593. The summed E-state index contributed by atoms with van der Waals surface area (Å²) in [5.41, 5.74) is 0.767. The molecule has 2 aromatic carbocycles. The van der Waals surface area contributed by atoms with Gasteiger partial charge < -0.3 is 15.5 Å². The van der Waals surface area contributed by atoms with Crippen LogP contribution in [0.25, 0.3) is 11.3 Å². The van der Waals surface area contributed by atoms with E-state index in [1.54, 1.807) is 6.07 Å². The molecule has 0 saturated carbocycles. The smallest absolute Gasteiger partial charge is 0.225 e. The first-order chi connectivity index (χ1) is 13.4. The maximum atomic E-state index is 14.0. The van der Waals surface area contributed by atoms with E-state index in [0.29, 0.717) is 18.2 Å². The van der Waals surface area contributed by atoms with Crippen molar-refractivity contribution >= 4 is 17.5 Å². The minimum Gasteiger partial charge on any atom is -0.353 e. The number of nitrogens with zero attached hydrogens (tertiary/aromatic N) is 3. The maximum absolute atomic E-state index is 14.0. The molecular weight excluding hydrogens is 367 g/mol. The maximum Gasteiger partial charge on any atom is 0.225 e. The summed E-state index contributed by atoms with van der Waals surface area (Å²) >= 11 is 0. The molecule has 5 nitrogen and oxygen atoms in total. The molecule has 1 heterocycles. The molecule has 0 fully saturated rings. The Morgan fingerprint density at radius 1 is 0.929 bits per heavy atom. The molecular formula is C20H20F3N5. The highest BCUT2D eigenvalue weighted by molar-refractivity contribution is 5.67. The lowest BCUT2D eigenvalue weighted by Crippen LogP contribution is -2.21. The number of hydrogen-bond donors (Lipinski definition) is 2. The minimum absolute atomic E-state index is 0.143. The lowest BCUT2D eigenvalue weighted by Gasteiger charge is -2.14. The Morgan fingerprint density at radius 2 is 1.64 bits per heavy atom. The molecule has 0 unspecified atom stereocenters. The number of nitrogens with one attached hydrogen (secondary N) is 2. The second-order valence-corrected chi connectivity index (χ2v) is 6.40. The lowest BCUT2D eigenvalue weighted by atomic mass is 10.1. The molecule has 0 spiro atoms. The predicted octanol–water partition coefficient (Wildman–Crippen LogP) is 4.28. The molecule has 2 N–H and O–H groups in total. The number of anilines is 3. The van der Waals surface area contributed by atoms with Crippen LogP contribution < -0.4 is 10.6 Å². The van der Waals surface area contributed by atoms with Crippen molar-refractivity contribution in [1.82, 2.24) is 14.9 Å². The molecule has 0 atom stereocenters. The van der Waals surface area contributed by atoms with E-state index < -0.39 is 23.1 Å². The van der Waals surface area contributed by atoms with Crippen molar-refractivity contribution in [3.63, 3.8) is 0 Å². The van der Waals surface area contributed by atoms with Gasteiger partial charge in [0.05, 0.1) is 5.69 Å². The van der Waals surface area contributed by atoms with Gasteiger partial charge >= 0.3 is 0 Å². The highest BCUT2D eigenvalue weighted by Gasteiger charge is 2.16. The zero-order valence-corrected chi connectivity index (χ0v) is 15.5. The van der Waals surface area contributed by atoms with Crippen LogP contribution in [0.5, 0.6) is 0 Å². The molecule has 0 aliphatic heterocycles. The van der Waals surface area contributed by atoms with Crippen LogP contribution in [0.15, 0.2) is 48.5 Å². The van der Waals surface area contributed by atoms with Crippen molar-refractivity contribution in [2.75, 3.05) is 37.8 Å². The summed E-state index contributed by atoms with van der Waals surface area (Å²) in [4.78, 5) is 10.7. The standard InChI is InChI=1S/C20H20F3N5/c1-28(2)11-10-24-20-25-16(13-6-4-3-5-7-13)12-17(27-20)26-19-15(22)9-8-14(21)18(19)23/h3-9,12H,10-11H2,1-2H3,(H2,24,25,26,27). The number of hydrogen-bond acceptors (Lipinski definition) is 5. The zero-order chi connectivity index (χ0) is 20.1. The van der Waals surface area contributed by atoms with E-state index in [0.717, 1.165) is 24.2 Å². The third-order valence-electron chi connectivity index (χ3n) is 3.93. The van der Waals surface area contributed by atoms with Crippen LogP contribution in [-0.2, 0) is 0 Å². The Bertz CT molecular complexity index is 948. The van der Waals surface area contributed by atoms with Crippen molar-refractivity contribution in [2.45, 2.75) is 0 Å². The average molecular weight is 387 g/mol. The molecule has 146 valence electrons. The van der Waals surface area contributed by atoms with Crippen LogP contribution in [0, 0.1) is 17.5 Å². The van der Waals surface area contributed by atoms with Gasteiger partial charge in [0.15, 0.2) is 11.6 Å². The van der Waals surface area contributed by atoms with Crippen molar-refractivity contribution in [3.8, 4) is 11.3 Å². The topological polar surface area (TPSA) is 53.1 Å². The van der Waals surface area contributed by atoms with Crippen LogP contribution in [0.4, 0.5) is 30.6 Å². The van der Waals surface area contributed by atoms with Crippen molar-refractivity contribution in [3.05, 3.63) is 66.0 Å². The fourth-order valence-corrected chi connectivity index (χ4v) is 2.51. The monoisotopic (exact) mass is 387 g/mol. The minimum atomic E-state index is -1.30. The van der Waals surface area contributed by atoms with E-state index in [1.807, 2.05) is 49.3 Å². The SMILES string of the molecule is CN(C)CCNc1nc(Nc2c(F)ccc(F)c2F)cc(-c2ccccc2)n1. The second kappa shape index (κ2) is 8.71. The van der Waals surface area contributed by atoms with Gasteiger partial charge in [-0.05, 0) is 26.2 Å². The van der Waals surface area contributed by atoms with Gasteiger partial charge in [-0.2, -0.15) is 4.98 Å². The van der Waals surface area contributed by atoms with Crippen LogP contribution in [0.1, 0.15) is 0 Å². The largest absolute Gasteiger partial charge is 0.353 e. The fraction of sp³-hybridized carbons (Fsp3) is 0.200. The Morgan fingerprint density at radius 3 is 2.36 bits per heavy atom. The summed E-state index contributed by atoms with van der Waals surface area (Å²) in [6, 6.07) is 12.5. The Balaban J connectivity index is 1.96. The summed E-state index contributed by atoms with van der Waals surface area (Å²) in [5, 5.41) is 5.63. The summed E-state index contributed by atoms with van der Waals surface area (Å²) < 4.78 is 41.5. The summed E-state index contributed by atoms with van der Waals surface area (Å²) in [6.07, 6.45) is 0. The van der Waals surface area contributed by atoms with E-state index in [9.17, 15) is 13.2 Å². The Kier molecular flexibility index (Phi) is 6.10. The summed E-state index contributed by atoms with van der Waals surface area (Å²) in [5.74, 6) is -2.93.